The van der Waals surface area contributed by atoms with Crippen LogP contribution in [-0.4, -0.2) is 116 Å². The third kappa shape index (κ3) is 7.58. The van der Waals surface area contributed by atoms with E-state index in [2.05, 4.69) is 41.2 Å². The molecule has 15 heteroatoms. The van der Waals surface area contributed by atoms with Gasteiger partial charge in [-0.15, -0.1) is 0 Å². The van der Waals surface area contributed by atoms with Gasteiger partial charge in [0.1, 0.15) is 35.4 Å². The summed E-state index contributed by atoms with van der Waals surface area (Å²) in [6, 6.07) is 14.7. The average Bonchev–Trinajstić information content (AvgIpc) is 3.75. The lowest BCUT2D eigenvalue weighted by Gasteiger charge is -2.49. The number of nitrogen functional groups attached to an aromatic ring is 1. The molecule has 7 heterocycles. The first-order valence-electron chi connectivity index (χ1n) is 20.9. The summed E-state index contributed by atoms with van der Waals surface area (Å²) in [4.78, 5) is 68.0. The van der Waals surface area contributed by atoms with Crippen molar-refractivity contribution in [3.05, 3.63) is 102 Å². The van der Waals surface area contributed by atoms with Crippen LogP contribution < -0.4 is 20.7 Å². The number of nitrogens with zero attached hydrogens (tertiary/aromatic N) is 8. The summed E-state index contributed by atoms with van der Waals surface area (Å²) in [7, 11) is 0. The number of ether oxygens (including phenoxy) is 1. The molecular weight excluding hydrogens is 761 g/mol. The van der Waals surface area contributed by atoms with Crippen LogP contribution in [0.3, 0.4) is 0 Å². The number of carbonyl (C=O) groups excluding carboxylic acids is 4. The highest BCUT2D eigenvalue weighted by Crippen LogP contribution is 2.35. The molecule has 2 aromatic heterocycles. The van der Waals surface area contributed by atoms with Crippen molar-refractivity contribution >= 4 is 51.7 Å². The molecule has 0 bridgehead atoms. The number of aromatic nitrogens is 4. The number of piperidine rings is 3. The number of hydrogen-bond acceptors (Lipinski definition) is 12. The standard InChI is InChI=1S/C45H50N10O5/c1-3-33(60-34-7-5-4-6-8-34)11-9-28(2)40-39-41(46)47-27-48-42(39)55(50-40)30-17-19-51(20-18-30)24-29-15-21-52(22-16-29)32-25-53(26-32)31-10-12-35-36(23-31)45(59)54(44(35)58)37-13-14-38(56)49-43(37)57/h3-12,23,27,29-30,32,37H,1,13-22,24-26H2,2H3,(H2,46,47,48)(H,49,56,57)/b28-9+,33-11+. The lowest BCUT2D eigenvalue weighted by atomic mass is 9.92. The largest absolute Gasteiger partial charge is 0.457 e. The summed E-state index contributed by atoms with van der Waals surface area (Å²) in [5, 5.41) is 8.12. The van der Waals surface area contributed by atoms with Gasteiger partial charge in [-0.25, -0.2) is 14.6 Å². The van der Waals surface area contributed by atoms with E-state index in [4.69, 9.17) is 15.6 Å². The predicted molar refractivity (Wildman–Crippen MR) is 227 cm³/mol. The number of fused-ring (bicyclic) bond motifs is 2. The monoisotopic (exact) mass is 810 g/mol. The van der Waals surface area contributed by atoms with E-state index < -0.39 is 23.8 Å². The molecule has 4 aromatic rings. The quantitative estimate of drug-likeness (QED) is 0.123. The van der Waals surface area contributed by atoms with Gasteiger partial charge < -0.3 is 20.3 Å². The zero-order chi connectivity index (χ0) is 41.5. The predicted octanol–water partition coefficient (Wildman–Crippen LogP) is 4.60. The maximum Gasteiger partial charge on any atom is 0.262 e. The summed E-state index contributed by atoms with van der Waals surface area (Å²) in [6.45, 7) is 12.9. The Morgan fingerprint density at radius 2 is 1.65 bits per heavy atom. The number of nitrogens with two attached hydrogens (primary N) is 1. The second-order valence-corrected chi connectivity index (χ2v) is 16.5. The van der Waals surface area contributed by atoms with Crippen LogP contribution in [0, 0.1) is 5.92 Å². The number of imide groups is 2. The Hall–Kier alpha value is -6.19. The molecule has 5 aliphatic rings. The van der Waals surface area contributed by atoms with Crippen LogP contribution in [0.2, 0.25) is 0 Å². The van der Waals surface area contributed by atoms with Gasteiger partial charge >= 0.3 is 0 Å². The van der Waals surface area contributed by atoms with Crippen molar-refractivity contribution in [3.8, 4) is 5.75 Å². The van der Waals surface area contributed by atoms with Gasteiger partial charge in [0, 0.05) is 50.9 Å². The molecule has 60 heavy (non-hydrogen) atoms. The van der Waals surface area contributed by atoms with Gasteiger partial charge in [-0.3, -0.25) is 34.3 Å². The SMILES string of the molecule is C=C/C(=C\C=C(/C)c1nn(C2CCN(CC3CCN(C4CN(c5ccc6c(c5)C(=O)N(C5CCC(=O)NC5=O)C6=O)C4)CC3)CC2)c2ncnc(N)c12)Oc1ccccc1. The van der Waals surface area contributed by atoms with Crippen molar-refractivity contribution in [2.75, 3.05) is 56.4 Å². The molecule has 15 nitrogen and oxygen atoms in total. The maximum absolute atomic E-state index is 13.3. The number of amides is 4. The molecule has 0 spiro atoms. The van der Waals surface area contributed by atoms with Crippen LogP contribution in [0.15, 0.2) is 85.4 Å². The van der Waals surface area contributed by atoms with Crippen LogP contribution in [0.25, 0.3) is 16.6 Å². The van der Waals surface area contributed by atoms with Crippen molar-refractivity contribution in [2.24, 2.45) is 5.92 Å². The highest BCUT2D eigenvalue weighted by molar-refractivity contribution is 6.23. The molecule has 4 fully saturated rings. The third-order valence-electron chi connectivity index (χ3n) is 12.8. The number of para-hydroxylation sites is 1. The highest BCUT2D eigenvalue weighted by Gasteiger charge is 2.45. The number of hydrogen-bond donors (Lipinski definition) is 2. The first kappa shape index (κ1) is 39.3. The highest BCUT2D eigenvalue weighted by atomic mass is 16.5. The minimum Gasteiger partial charge on any atom is -0.457 e. The molecule has 310 valence electrons. The van der Waals surface area contributed by atoms with Crippen LogP contribution in [0.5, 0.6) is 5.75 Å². The average molecular weight is 811 g/mol. The summed E-state index contributed by atoms with van der Waals surface area (Å²) in [6.07, 6.45) is 11.6. The topological polar surface area (TPSA) is 172 Å². The van der Waals surface area contributed by atoms with E-state index in [1.165, 1.54) is 6.33 Å². The molecule has 5 aliphatic heterocycles. The van der Waals surface area contributed by atoms with Gasteiger partial charge in [-0.2, -0.15) is 5.10 Å². The van der Waals surface area contributed by atoms with Crippen LogP contribution in [0.4, 0.5) is 11.5 Å². The lowest BCUT2D eigenvalue weighted by molar-refractivity contribution is -0.136. The van der Waals surface area contributed by atoms with Gasteiger partial charge in [-0.1, -0.05) is 30.9 Å². The van der Waals surface area contributed by atoms with Crippen LogP contribution >= 0.6 is 0 Å². The molecule has 0 radical (unpaired) electrons. The number of carbonyl (C=O) groups is 4. The molecule has 0 saturated carbocycles. The molecule has 2 aromatic carbocycles. The minimum absolute atomic E-state index is 0.0989. The molecule has 4 amide bonds. The van der Waals surface area contributed by atoms with E-state index in [0.29, 0.717) is 34.7 Å². The molecule has 4 saturated heterocycles. The van der Waals surface area contributed by atoms with E-state index in [1.807, 2.05) is 55.5 Å². The van der Waals surface area contributed by atoms with E-state index in [9.17, 15) is 19.2 Å². The molecule has 1 unspecified atom stereocenters. The summed E-state index contributed by atoms with van der Waals surface area (Å²) >= 11 is 0. The summed E-state index contributed by atoms with van der Waals surface area (Å²) in [5.74, 6) is 0.487. The second kappa shape index (κ2) is 16.5. The molecular formula is C45H50N10O5. The van der Waals surface area contributed by atoms with Gasteiger partial charge in [0.05, 0.1) is 22.6 Å². The molecule has 9 rings (SSSR count). The summed E-state index contributed by atoms with van der Waals surface area (Å²) < 4.78 is 8.05. The van der Waals surface area contributed by atoms with E-state index >= 15 is 0 Å². The van der Waals surface area contributed by atoms with Crippen molar-refractivity contribution in [3.63, 3.8) is 0 Å². The molecule has 0 aliphatic carbocycles. The molecule has 1 atom stereocenters. The maximum atomic E-state index is 13.3. The van der Waals surface area contributed by atoms with Gasteiger partial charge in [-0.05, 0) is 106 Å². The molecule has 3 N–H and O–H groups in total. The van der Waals surface area contributed by atoms with Gasteiger partial charge in [0.15, 0.2) is 5.65 Å². The van der Waals surface area contributed by atoms with E-state index in [-0.39, 0.29) is 24.8 Å². The smallest absolute Gasteiger partial charge is 0.262 e. The second-order valence-electron chi connectivity index (χ2n) is 16.5. The van der Waals surface area contributed by atoms with Crippen molar-refractivity contribution in [2.45, 2.75) is 63.6 Å². The Balaban J connectivity index is 0.760. The number of anilines is 2. The Morgan fingerprint density at radius 3 is 2.38 bits per heavy atom. The fraction of sp³-hybridized carbons (Fsp3) is 0.400. The van der Waals surface area contributed by atoms with Crippen molar-refractivity contribution < 1.29 is 23.9 Å². The fourth-order valence-corrected chi connectivity index (χ4v) is 9.35. The van der Waals surface area contributed by atoms with Gasteiger partial charge in [0.2, 0.25) is 11.8 Å². The lowest BCUT2D eigenvalue weighted by Crippen LogP contribution is -2.61. The fourth-order valence-electron chi connectivity index (χ4n) is 9.35. The van der Waals surface area contributed by atoms with Crippen LogP contribution in [-0.2, 0) is 9.59 Å². The number of allylic oxidation sites excluding steroid dienone is 4. The zero-order valence-electron chi connectivity index (χ0n) is 33.8. The van der Waals surface area contributed by atoms with E-state index in [1.54, 1.807) is 18.2 Å². The van der Waals surface area contributed by atoms with Crippen molar-refractivity contribution in [1.82, 2.24) is 39.8 Å². The summed E-state index contributed by atoms with van der Waals surface area (Å²) in [5.41, 5.74) is 10.4. The Morgan fingerprint density at radius 1 is 0.900 bits per heavy atom. The number of likely N-dealkylation sites (tertiary alicyclic amines) is 2. The Bertz CT molecular complexity index is 2400. The normalized spacial score (nSPS) is 21.7. The van der Waals surface area contributed by atoms with Crippen LogP contribution in [0.1, 0.15) is 77.9 Å². The third-order valence-corrected chi connectivity index (χ3v) is 12.8. The van der Waals surface area contributed by atoms with Crippen molar-refractivity contribution in [1.29, 1.82) is 0 Å². The first-order valence-corrected chi connectivity index (χ1v) is 20.9. The number of nitrogens with one attached hydrogen (secondary N) is 1. The van der Waals surface area contributed by atoms with E-state index in [0.717, 1.165) is 110 Å². The van der Waals surface area contributed by atoms with Gasteiger partial charge in [0.25, 0.3) is 11.8 Å². The number of benzene rings is 2. The first-order chi connectivity index (χ1) is 29.1. The Kier molecular flexibility index (Phi) is 10.8. The number of rotatable bonds is 11. The minimum atomic E-state index is -0.964. The zero-order valence-corrected chi connectivity index (χ0v) is 33.8. The Labute approximate surface area is 348 Å².